The first kappa shape index (κ1) is 23.7. The maximum atomic E-state index is 13.2. The second-order valence-electron chi connectivity index (χ2n) is 7.71. The van der Waals surface area contributed by atoms with Gasteiger partial charge in [-0.05, 0) is 68.5 Å². The minimum Gasteiger partial charge on any atom is -0.497 e. The van der Waals surface area contributed by atoms with Gasteiger partial charge in [-0.3, -0.25) is 9.10 Å². The summed E-state index contributed by atoms with van der Waals surface area (Å²) in [5.41, 5.74) is 4.86. The van der Waals surface area contributed by atoms with Gasteiger partial charge in [0.1, 0.15) is 11.8 Å². The Hall–Kier alpha value is -2.54. The summed E-state index contributed by atoms with van der Waals surface area (Å²) < 4.78 is 31.7. The van der Waals surface area contributed by atoms with Crippen molar-refractivity contribution in [1.82, 2.24) is 5.32 Å². The number of nitrogens with one attached hydrogen (secondary N) is 1. The summed E-state index contributed by atoms with van der Waals surface area (Å²) in [5.74, 6) is 0.186. The number of methoxy groups -OCH3 is 1. The Bertz CT molecular complexity index is 1020. The largest absolute Gasteiger partial charge is 0.497 e. The molecule has 7 heteroatoms. The van der Waals surface area contributed by atoms with E-state index in [1.54, 1.807) is 31.2 Å². The number of anilines is 1. The third-order valence-electron chi connectivity index (χ3n) is 5.35. The number of hydrogen-bond acceptors (Lipinski definition) is 4. The van der Waals surface area contributed by atoms with Crippen LogP contribution in [0.4, 0.5) is 5.69 Å². The summed E-state index contributed by atoms with van der Waals surface area (Å²) in [6.45, 7) is 9.82. The van der Waals surface area contributed by atoms with Crippen LogP contribution < -0.4 is 14.4 Å². The average molecular weight is 433 g/mol. The first-order valence-electron chi connectivity index (χ1n) is 10.0. The van der Waals surface area contributed by atoms with Crippen molar-refractivity contribution in [3.8, 4) is 5.75 Å². The Balaban J connectivity index is 2.37. The number of ether oxygens (including phenoxy) is 1. The van der Waals surface area contributed by atoms with Gasteiger partial charge in [0.15, 0.2) is 0 Å². The van der Waals surface area contributed by atoms with E-state index in [1.165, 1.54) is 17.0 Å². The number of aryl methyl sites for hydroxylation is 3. The van der Waals surface area contributed by atoms with Gasteiger partial charge in [0.25, 0.3) is 0 Å². The van der Waals surface area contributed by atoms with Crippen molar-refractivity contribution in [1.29, 1.82) is 0 Å². The zero-order valence-electron chi connectivity index (χ0n) is 18.8. The molecule has 0 heterocycles. The molecule has 0 aromatic heterocycles. The number of benzene rings is 2. The highest BCUT2D eigenvalue weighted by molar-refractivity contribution is 7.92. The second-order valence-corrected chi connectivity index (χ2v) is 9.57. The molecule has 0 aliphatic carbocycles. The molecule has 6 nitrogen and oxygen atoms in total. The van der Waals surface area contributed by atoms with E-state index in [0.717, 1.165) is 22.9 Å². The fourth-order valence-corrected chi connectivity index (χ4v) is 4.85. The highest BCUT2D eigenvalue weighted by Crippen LogP contribution is 2.27. The molecule has 0 fully saturated rings. The van der Waals surface area contributed by atoms with Gasteiger partial charge < -0.3 is 10.1 Å². The minimum atomic E-state index is -3.70. The SMILES string of the molecule is CC[C@@H](C(=O)N[C@@H](C)c1cc(C)c(C)cc1C)N(c1cccc(OC)c1)S(C)(=O)=O. The van der Waals surface area contributed by atoms with Crippen molar-refractivity contribution < 1.29 is 17.9 Å². The molecule has 2 aromatic rings. The van der Waals surface area contributed by atoms with E-state index in [4.69, 9.17) is 4.74 Å². The summed E-state index contributed by atoms with van der Waals surface area (Å²) in [6, 6.07) is 9.77. The van der Waals surface area contributed by atoms with Crippen LogP contribution in [-0.2, 0) is 14.8 Å². The maximum Gasteiger partial charge on any atom is 0.244 e. The highest BCUT2D eigenvalue weighted by Gasteiger charge is 2.32. The van der Waals surface area contributed by atoms with Gasteiger partial charge in [-0.15, -0.1) is 0 Å². The summed E-state index contributed by atoms with van der Waals surface area (Å²) >= 11 is 0. The number of rotatable bonds is 8. The Morgan fingerprint density at radius 3 is 2.30 bits per heavy atom. The summed E-state index contributed by atoms with van der Waals surface area (Å²) in [4.78, 5) is 13.2. The molecular formula is C23H32N2O4S. The molecule has 2 aromatic carbocycles. The molecule has 0 saturated heterocycles. The van der Waals surface area contributed by atoms with Crippen molar-refractivity contribution in [3.63, 3.8) is 0 Å². The Kier molecular flexibility index (Phi) is 7.53. The van der Waals surface area contributed by atoms with Crippen molar-refractivity contribution in [2.75, 3.05) is 17.7 Å². The number of carbonyl (C=O) groups excluding carboxylic acids is 1. The van der Waals surface area contributed by atoms with Crippen LogP contribution in [0.15, 0.2) is 36.4 Å². The number of sulfonamides is 1. The summed E-state index contributed by atoms with van der Waals surface area (Å²) in [5, 5.41) is 3.01. The molecule has 0 bridgehead atoms. The number of hydrogen-bond donors (Lipinski definition) is 1. The van der Waals surface area contributed by atoms with Gasteiger partial charge >= 0.3 is 0 Å². The quantitative estimate of drug-likeness (QED) is 0.683. The third kappa shape index (κ3) is 5.33. The molecule has 0 aliphatic heterocycles. The second kappa shape index (κ2) is 9.51. The first-order chi connectivity index (χ1) is 14.0. The maximum absolute atomic E-state index is 13.2. The van der Waals surface area contributed by atoms with Crippen molar-refractivity contribution >= 4 is 21.6 Å². The minimum absolute atomic E-state index is 0.252. The van der Waals surface area contributed by atoms with Crippen molar-refractivity contribution in [2.24, 2.45) is 0 Å². The lowest BCUT2D eigenvalue weighted by Crippen LogP contribution is -2.49. The lowest BCUT2D eigenvalue weighted by Gasteiger charge is -2.31. The van der Waals surface area contributed by atoms with Gasteiger partial charge in [-0.1, -0.05) is 25.1 Å². The number of amides is 1. The Labute approximate surface area is 180 Å². The Morgan fingerprint density at radius 2 is 1.73 bits per heavy atom. The first-order valence-corrected chi connectivity index (χ1v) is 11.9. The van der Waals surface area contributed by atoms with E-state index in [2.05, 4.69) is 24.4 Å². The molecule has 30 heavy (non-hydrogen) atoms. The highest BCUT2D eigenvalue weighted by atomic mass is 32.2. The van der Waals surface area contributed by atoms with Gasteiger partial charge in [-0.2, -0.15) is 0 Å². The van der Waals surface area contributed by atoms with E-state index in [0.29, 0.717) is 17.9 Å². The fourth-order valence-electron chi connectivity index (χ4n) is 3.64. The fraction of sp³-hybridized carbons (Fsp3) is 0.435. The number of nitrogens with zero attached hydrogens (tertiary/aromatic N) is 1. The van der Waals surface area contributed by atoms with Crippen LogP contribution in [0.5, 0.6) is 5.75 Å². The van der Waals surface area contributed by atoms with Gasteiger partial charge in [-0.25, -0.2) is 8.42 Å². The van der Waals surface area contributed by atoms with Crippen LogP contribution in [0.25, 0.3) is 0 Å². The lowest BCUT2D eigenvalue weighted by molar-refractivity contribution is -0.122. The Morgan fingerprint density at radius 1 is 1.10 bits per heavy atom. The topological polar surface area (TPSA) is 75.7 Å². The lowest BCUT2D eigenvalue weighted by atomic mass is 9.96. The smallest absolute Gasteiger partial charge is 0.244 e. The molecule has 0 saturated carbocycles. The van der Waals surface area contributed by atoms with Crippen LogP contribution in [0.2, 0.25) is 0 Å². The van der Waals surface area contributed by atoms with Crippen LogP contribution in [-0.4, -0.2) is 33.7 Å². The molecule has 1 N–H and O–H groups in total. The zero-order valence-corrected chi connectivity index (χ0v) is 19.6. The van der Waals surface area contributed by atoms with Crippen LogP contribution in [0.3, 0.4) is 0 Å². The molecule has 0 aliphatic rings. The standard InChI is InChI=1S/C23H32N2O4S/c1-8-22(25(30(7,27)28)19-10-9-11-20(14-19)29-6)23(26)24-18(5)21-13-16(3)15(2)12-17(21)4/h9-14,18,22H,8H2,1-7H3,(H,24,26)/t18-,22-/m0/s1. The molecule has 164 valence electrons. The van der Waals surface area contributed by atoms with Crippen LogP contribution >= 0.6 is 0 Å². The van der Waals surface area contributed by atoms with Gasteiger partial charge in [0.2, 0.25) is 15.9 Å². The van der Waals surface area contributed by atoms with Gasteiger partial charge in [0, 0.05) is 6.07 Å². The number of carbonyl (C=O) groups is 1. The average Bonchev–Trinajstić information content (AvgIpc) is 2.67. The zero-order chi connectivity index (χ0) is 22.6. The molecule has 0 radical (unpaired) electrons. The van der Waals surface area contributed by atoms with E-state index in [9.17, 15) is 13.2 Å². The molecule has 2 atom stereocenters. The van der Waals surface area contributed by atoms with Crippen molar-refractivity contribution in [3.05, 3.63) is 58.7 Å². The van der Waals surface area contributed by atoms with E-state index < -0.39 is 16.1 Å². The summed E-state index contributed by atoms with van der Waals surface area (Å²) in [7, 11) is -2.19. The monoisotopic (exact) mass is 432 g/mol. The normalized spacial score (nSPS) is 13.4. The van der Waals surface area contributed by atoms with Crippen LogP contribution in [0, 0.1) is 20.8 Å². The van der Waals surface area contributed by atoms with Crippen molar-refractivity contribution in [2.45, 2.75) is 53.1 Å². The van der Waals surface area contributed by atoms with E-state index in [1.807, 2.05) is 20.8 Å². The predicted molar refractivity (Wildman–Crippen MR) is 122 cm³/mol. The molecular weight excluding hydrogens is 400 g/mol. The summed E-state index contributed by atoms with van der Waals surface area (Å²) in [6.07, 6.45) is 1.44. The van der Waals surface area contributed by atoms with Gasteiger partial charge in [0.05, 0.1) is 25.1 Å². The third-order valence-corrected chi connectivity index (χ3v) is 6.53. The molecule has 0 unspecified atom stereocenters. The van der Waals surface area contributed by atoms with E-state index >= 15 is 0 Å². The molecule has 1 amide bonds. The van der Waals surface area contributed by atoms with Crippen LogP contribution in [0.1, 0.15) is 48.6 Å². The molecule has 2 rings (SSSR count). The molecule has 0 spiro atoms. The predicted octanol–water partition coefficient (Wildman–Crippen LogP) is 4.04. The van der Waals surface area contributed by atoms with E-state index in [-0.39, 0.29) is 11.9 Å².